The van der Waals surface area contributed by atoms with Crippen LogP contribution in [0.3, 0.4) is 0 Å². The highest BCUT2D eigenvalue weighted by atomic mass is 16.5. The summed E-state index contributed by atoms with van der Waals surface area (Å²) >= 11 is 0. The predicted molar refractivity (Wildman–Crippen MR) is 112 cm³/mol. The Morgan fingerprint density at radius 1 is 1.14 bits per heavy atom. The van der Waals surface area contributed by atoms with Gasteiger partial charge in [-0.05, 0) is 50.6 Å². The molecule has 2 aromatic carbocycles. The van der Waals surface area contributed by atoms with Crippen molar-refractivity contribution in [2.45, 2.75) is 27.3 Å². The summed E-state index contributed by atoms with van der Waals surface area (Å²) in [6.45, 7) is 7.76. The number of anilines is 1. The quantitative estimate of drug-likeness (QED) is 0.652. The number of ether oxygens (including phenoxy) is 1. The van der Waals surface area contributed by atoms with Crippen LogP contribution < -0.4 is 15.4 Å². The highest BCUT2D eigenvalue weighted by molar-refractivity contribution is 5.95. The van der Waals surface area contributed by atoms with Crippen LogP contribution in [-0.4, -0.2) is 23.7 Å². The second kappa shape index (κ2) is 8.49. The third kappa shape index (κ3) is 3.65. The van der Waals surface area contributed by atoms with Crippen LogP contribution in [0.25, 0.3) is 22.2 Å². The first-order chi connectivity index (χ1) is 13.6. The van der Waals surface area contributed by atoms with E-state index in [0.29, 0.717) is 24.4 Å². The highest BCUT2D eigenvalue weighted by Gasteiger charge is 2.18. The molecule has 2 amide bonds. The molecule has 0 bridgehead atoms. The number of fused-ring (bicyclic) bond motifs is 1. The van der Waals surface area contributed by atoms with Crippen LogP contribution in [0.2, 0.25) is 0 Å². The average molecular weight is 376 g/mol. The summed E-state index contributed by atoms with van der Waals surface area (Å²) in [6, 6.07) is 15.5. The van der Waals surface area contributed by atoms with E-state index in [9.17, 15) is 10.1 Å². The number of urea groups is 1. The molecule has 144 valence electrons. The first kappa shape index (κ1) is 19.3. The van der Waals surface area contributed by atoms with Crippen molar-refractivity contribution in [1.29, 1.82) is 5.26 Å². The first-order valence-electron chi connectivity index (χ1n) is 9.47. The number of carbonyl (C=O) groups excluding carboxylic acids is 1. The van der Waals surface area contributed by atoms with E-state index in [-0.39, 0.29) is 6.03 Å². The molecule has 6 heteroatoms. The van der Waals surface area contributed by atoms with Gasteiger partial charge in [0.05, 0.1) is 23.4 Å². The van der Waals surface area contributed by atoms with Gasteiger partial charge in [-0.2, -0.15) is 5.26 Å². The topological polar surface area (TPSA) is 79.1 Å². The lowest BCUT2D eigenvalue weighted by Gasteiger charge is -2.11. The number of benzene rings is 2. The Morgan fingerprint density at radius 3 is 2.50 bits per heavy atom. The van der Waals surface area contributed by atoms with Crippen LogP contribution in [0, 0.1) is 11.3 Å². The number of nitrogens with zero attached hydrogens (tertiary/aromatic N) is 2. The van der Waals surface area contributed by atoms with E-state index in [2.05, 4.69) is 28.2 Å². The number of aromatic nitrogens is 1. The van der Waals surface area contributed by atoms with Crippen molar-refractivity contribution >= 4 is 22.6 Å². The van der Waals surface area contributed by atoms with E-state index >= 15 is 0 Å². The minimum Gasteiger partial charge on any atom is -0.494 e. The van der Waals surface area contributed by atoms with E-state index in [0.717, 1.165) is 34.5 Å². The summed E-state index contributed by atoms with van der Waals surface area (Å²) in [5.74, 6) is 0.791. The lowest BCUT2D eigenvalue weighted by Crippen LogP contribution is -2.28. The smallest absolute Gasteiger partial charge is 0.319 e. The zero-order valence-electron chi connectivity index (χ0n) is 16.4. The fourth-order valence-electron chi connectivity index (χ4n) is 3.37. The van der Waals surface area contributed by atoms with Gasteiger partial charge in [0, 0.05) is 30.2 Å². The van der Waals surface area contributed by atoms with Crippen LogP contribution in [0.1, 0.15) is 26.3 Å². The van der Waals surface area contributed by atoms with Gasteiger partial charge in [-0.1, -0.05) is 12.1 Å². The van der Waals surface area contributed by atoms with Gasteiger partial charge in [0.15, 0.2) is 0 Å². The van der Waals surface area contributed by atoms with Crippen molar-refractivity contribution in [3.05, 3.63) is 48.0 Å². The summed E-state index contributed by atoms with van der Waals surface area (Å²) in [4.78, 5) is 11.7. The van der Waals surface area contributed by atoms with Gasteiger partial charge in [0.2, 0.25) is 0 Å². The lowest BCUT2D eigenvalue weighted by molar-refractivity contribution is 0.252. The molecule has 3 aromatic rings. The molecule has 3 rings (SSSR count). The molecular weight excluding hydrogens is 352 g/mol. The maximum Gasteiger partial charge on any atom is 0.319 e. The molecule has 6 nitrogen and oxygen atoms in total. The number of nitrogens with one attached hydrogen (secondary N) is 2. The molecule has 0 spiro atoms. The van der Waals surface area contributed by atoms with Crippen molar-refractivity contribution in [3.63, 3.8) is 0 Å². The fraction of sp³-hybridized carbons (Fsp3) is 0.273. The van der Waals surface area contributed by atoms with Crippen LogP contribution in [-0.2, 0) is 6.54 Å². The fourth-order valence-corrected chi connectivity index (χ4v) is 3.37. The van der Waals surface area contributed by atoms with E-state index in [1.54, 1.807) is 0 Å². The maximum absolute atomic E-state index is 11.7. The number of rotatable bonds is 6. The Bertz CT molecular complexity index is 1030. The minimum absolute atomic E-state index is 0.237. The standard InChI is InChI=1S/C22H24N4O2/c1-4-24-22(27)25-16-9-7-15(8-10-16)21-19(14-23)18-12-11-17(28-6-3)13-20(18)26(21)5-2/h7-13H,4-6H2,1-3H3,(H2,24,25,27). The Kier molecular flexibility index (Phi) is 5.85. The lowest BCUT2D eigenvalue weighted by atomic mass is 10.1. The van der Waals surface area contributed by atoms with E-state index in [4.69, 9.17) is 4.74 Å². The zero-order valence-corrected chi connectivity index (χ0v) is 16.4. The molecule has 0 aliphatic rings. The largest absolute Gasteiger partial charge is 0.494 e. The van der Waals surface area contributed by atoms with E-state index in [1.165, 1.54) is 0 Å². The molecular formula is C22H24N4O2. The van der Waals surface area contributed by atoms with Crippen LogP contribution >= 0.6 is 0 Å². The Labute approximate surface area is 164 Å². The second-order valence-corrected chi connectivity index (χ2v) is 6.25. The number of hydrogen-bond acceptors (Lipinski definition) is 3. The third-order valence-corrected chi connectivity index (χ3v) is 4.53. The second-order valence-electron chi connectivity index (χ2n) is 6.25. The summed E-state index contributed by atoms with van der Waals surface area (Å²) in [5.41, 5.74) is 4.12. The summed E-state index contributed by atoms with van der Waals surface area (Å²) in [5, 5.41) is 16.2. The van der Waals surface area contributed by atoms with Gasteiger partial charge in [0.1, 0.15) is 11.8 Å². The number of nitriles is 1. The molecule has 1 heterocycles. The Balaban J connectivity index is 2.06. The molecule has 2 N–H and O–H groups in total. The summed E-state index contributed by atoms with van der Waals surface area (Å²) in [6.07, 6.45) is 0. The molecule has 0 aliphatic heterocycles. The van der Waals surface area contributed by atoms with Crippen molar-refractivity contribution < 1.29 is 9.53 Å². The molecule has 0 aliphatic carbocycles. The SMILES string of the molecule is CCNC(=O)Nc1ccc(-c2c(C#N)c3ccc(OCC)cc3n2CC)cc1. The van der Waals surface area contributed by atoms with Crippen LogP contribution in [0.15, 0.2) is 42.5 Å². The maximum atomic E-state index is 11.7. The van der Waals surface area contributed by atoms with Gasteiger partial charge in [-0.15, -0.1) is 0 Å². The van der Waals surface area contributed by atoms with Crippen molar-refractivity contribution in [3.8, 4) is 23.1 Å². The number of aryl methyl sites for hydroxylation is 1. The molecule has 0 radical (unpaired) electrons. The van der Waals surface area contributed by atoms with Gasteiger partial charge >= 0.3 is 6.03 Å². The Morgan fingerprint density at radius 2 is 1.89 bits per heavy atom. The van der Waals surface area contributed by atoms with Crippen LogP contribution in [0.5, 0.6) is 5.75 Å². The number of carbonyl (C=O) groups is 1. The first-order valence-corrected chi connectivity index (χ1v) is 9.47. The average Bonchev–Trinajstić information content (AvgIpc) is 3.01. The van der Waals surface area contributed by atoms with E-state index < -0.39 is 0 Å². The molecule has 0 atom stereocenters. The van der Waals surface area contributed by atoms with Gasteiger partial charge in [-0.3, -0.25) is 0 Å². The highest BCUT2D eigenvalue weighted by Crippen LogP contribution is 2.35. The van der Waals surface area contributed by atoms with Gasteiger partial charge in [0.25, 0.3) is 0 Å². The predicted octanol–water partition coefficient (Wildman–Crippen LogP) is 4.74. The molecule has 28 heavy (non-hydrogen) atoms. The molecule has 0 saturated carbocycles. The normalized spacial score (nSPS) is 10.5. The minimum atomic E-state index is -0.237. The molecule has 1 aromatic heterocycles. The van der Waals surface area contributed by atoms with Crippen molar-refractivity contribution in [1.82, 2.24) is 9.88 Å². The van der Waals surface area contributed by atoms with Crippen molar-refractivity contribution in [2.24, 2.45) is 0 Å². The summed E-state index contributed by atoms with van der Waals surface area (Å²) in [7, 11) is 0. The van der Waals surface area contributed by atoms with Crippen LogP contribution in [0.4, 0.5) is 10.5 Å². The third-order valence-electron chi connectivity index (χ3n) is 4.53. The van der Waals surface area contributed by atoms with Gasteiger partial charge in [-0.25, -0.2) is 4.79 Å². The number of hydrogen-bond donors (Lipinski definition) is 2. The monoisotopic (exact) mass is 376 g/mol. The number of amides is 2. The molecule has 0 unspecified atom stereocenters. The van der Waals surface area contributed by atoms with Gasteiger partial charge < -0.3 is 19.9 Å². The van der Waals surface area contributed by atoms with E-state index in [1.807, 2.05) is 56.3 Å². The summed E-state index contributed by atoms with van der Waals surface area (Å²) < 4.78 is 7.76. The molecule has 0 fully saturated rings. The van der Waals surface area contributed by atoms with Crippen molar-refractivity contribution in [2.75, 3.05) is 18.5 Å². The zero-order chi connectivity index (χ0) is 20.1. The molecule has 0 saturated heterocycles. The Hall–Kier alpha value is -3.46.